The van der Waals surface area contributed by atoms with Gasteiger partial charge in [-0.05, 0) is 12.6 Å². The first-order valence-corrected chi connectivity index (χ1v) is 4.73. The molecular formula is C11H13F2NO2. The van der Waals surface area contributed by atoms with Crippen molar-refractivity contribution in [2.45, 2.75) is 12.5 Å². The molecule has 1 unspecified atom stereocenters. The fourth-order valence-corrected chi connectivity index (χ4v) is 1.37. The van der Waals surface area contributed by atoms with Gasteiger partial charge in [-0.1, -0.05) is 24.3 Å². The van der Waals surface area contributed by atoms with Gasteiger partial charge in [-0.2, -0.15) is 0 Å². The maximum absolute atomic E-state index is 12.3. The first-order valence-electron chi connectivity index (χ1n) is 4.73. The van der Waals surface area contributed by atoms with Crippen LogP contribution >= 0.6 is 0 Å². The zero-order chi connectivity index (χ0) is 12.1. The Hall–Kier alpha value is -1.49. The fraction of sp³-hybridized carbons (Fsp3) is 0.364. The van der Waals surface area contributed by atoms with Crippen molar-refractivity contribution < 1.29 is 18.3 Å². The van der Waals surface area contributed by atoms with Crippen LogP contribution in [0.5, 0.6) is 0 Å². The van der Waals surface area contributed by atoms with Gasteiger partial charge in [0.05, 0.1) is 7.11 Å². The molecule has 0 fully saturated rings. The number of nitrogens with one attached hydrogen (secondary N) is 1. The molecule has 0 heterocycles. The molecule has 3 nitrogen and oxygen atoms in total. The number of ether oxygens (including phenoxy) is 1. The Balaban J connectivity index is 2.90. The van der Waals surface area contributed by atoms with Crippen LogP contribution in [0.15, 0.2) is 24.3 Å². The van der Waals surface area contributed by atoms with Crippen molar-refractivity contribution in [1.29, 1.82) is 0 Å². The highest BCUT2D eigenvalue weighted by atomic mass is 19.3. The summed E-state index contributed by atoms with van der Waals surface area (Å²) in [6.07, 6.45) is -2.50. The number of halogens is 2. The maximum Gasteiger partial charge on any atom is 0.327 e. The van der Waals surface area contributed by atoms with E-state index in [0.29, 0.717) is 5.56 Å². The summed E-state index contributed by atoms with van der Waals surface area (Å²) in [5, 5.41) is 2.76. The Kier molecular flexibility index (Phi) is 4.37. The van der Waals surface area contributed by atoms with Crippen molar-refractivity contribution >= 4 is 5.97 Å². The molecule has 0 amide bonds. The van der Waals surface area contributed by atoms with E-state index in [0.717, 1.165) is 0 Å². The van der Waals surface area contributed by atoms with E-state index < -0.39 is 18.4 Å². The third-order valence-corrected chi connectivity index (χ3v) is 2.25. The Morgan fingerprint density at radius 1 is 1.25 bits per heavy atom. The van der Waals surface area contributed by atoms with Gasteiger partial charge < -0.3 is 10.1 Å². The van der Waals surface area contributed by atoms with Gasteiger partial charge >= 0.3 is 5.97 Å². The molecule has 5 heteroatoms. The topological polar surface area (TPSA) is 38.3 Å². The molecule has 1 aromatic carbocycles. The number of benzene rings is 1. The smallest absolute Gasteiger partial charge is 0.327 e. The first kappa shape index (κ1) is 12.6. The lowest BCUT2D eigenvalue weighted by atomic mass is 10.1. The van der Waals surface area contributed by atoms with Crippen LogP contribution in [0, 0.1) is 0 Å². The third-order valence-electron chi connectivity index (χ3n) is 2.25. The van der Waals surface area contributed by atoms with Crippen molar-refractivity contribution in [2.75, 3.05) is 14.2 Å². The summed E-state index contributed by atoms with van der Waals surface area (Å²) >= 11 is 0. The van der Waals surface area contributed by atoms with Gasteiger partial charge in [0.2, 0.25) is 0 Å². The van der Waals surface area contributed by atoms with Crippen LogP contribution in [-0.4, -0.2) is 20.1 Å². The lowest BCUT2D eigenvalue weighted by Gasteiger charge is -2.14. The normalized spacial score (nSPS) is 12.6. The Labute approximate surface area is 92.4 Å². The number of hydrogen-bond donors (Lipinski definition) is 1. The number of alkyl halides is 2. The predicted octanol–water partition coefficient (Wildman–Crippen LogP) is 2.06. The summed E-state index contributed by atoms with van der Waals surface area (Å²) in [5.74, 6) is -0.452. The SMILES string of the molecule is CNC(C(=O)OC)c1ccc(C(F)F)cc1. The summed E-state index contributed by atoms with van der Waals surface area (Å²) in [6.45, 7) is 0. The van der Waals surface area contributed by atoms with Crippen LogP contribution in [0.25, 0.3) is 0 Å². The highest BCUT2D eigenvalue weighted by Crippen LogP contribution is 2.21. The van der Waals surface area contributed by atoms with E-state index in [1.54, 1.807) is 7.05 Å². The van der Waals surface area contributed by atoms with Crippen LogP contribution < -0.4 is 5.32 Å². The van der Waals surface area contributed by atoms with E-state index in [9.17, 15) is 13.6 Å². The molecule has 0 radical (unpaired) electrons. The number of likely N-dealkylation sites (N-methyl/N-ethyl adjacent to an activating group) is 1. The molecular weight excluding hydrogens is 216 g/mol. The van der Waals surface area contributed by atoms with Crippen molar-refractivity contribution in [2.24, 2.45) is 0 Å². The molecule has 16 heavy (non-hydrogen) atoms. The Morgan fingerprint density at radius 2 is 1.75 bits per heavy atom. The number of carbonyl (C=O) groups excluding carboxylic acids is 1. The fourth-order valence-electron chi connectivity index (χ4n) is 1.37. The van der Waals surface area contributed by atoms with Gasteiger partial charge in [-0.25, -0.2) is 13.6 Å². The monoisotopic (exact) mass is 229 g/mol. The summed E-state index contributed by atoms with van der Waals surface area (Å²) in [6, 6.07) is 4.94. The van der Waals surface area contributed by atoms with Gasteiger partial charge in [0.25, 0.3) is 6.43 Å². The Morgan fingerprint density at radius 3 is 2.12 bits per heavy atom. The average molecular weight is 229 g/mol. The molecule has 1 atom stereocenters. The van der Waals surface area contributed by atoms with Crippen LogP contribution in [0.4, 0.5) is 8.78 Å². The molecule has 0 aromatic heterocycles. The zero-order valence-corrected chi connectivity index (χ0v) is 9.04. The van der Waals surface area contributed by atoms with Crippen molar-refractivity contribution in [3.05, 3.63) is 35.4 Å². The highest BCUT2D eigenvalue weighted by Gasteiger charge is 2.19. The zero-order valence-electron chi connectivity index (χ0n) is 9.04. The molecule has 88 valence electrons. The van der Waals surface area contributed by atoms with E-state index in [4.69, 9.17) is 0 Å². The number of rotatable bonds is 4. The molecule has 0 aliphatic heterocycles. The van der Waals surface area contributed by atoms with E-state index in [-0.39, 0.29) is 5.56 Å². The molecule has 0 saturated carbocycles. The maximum atomic E-state index is 12.3. The minimum Gasteiger partial charge on any atom is -0.468 e. The largest absolute Gasteiger partial charge is 0.468 e. The van der Waals surface area contributed by atoms with Gasteiger partial charge in [0, 0.05) is 5.56 Å². The number of hydrogen-bond acceptors (Lipinski definition) is 3. The van der Waals surface area contributed by atoms with Crippen LogP contribution in [0.2, 0.25) is 0 Å². The molecule has 0 aliphatic carbocycles. The standard InChI is InChI=1S/C11H13F2NO2/c1-14-9(11(15)16-2)7-3-5-8(6-4-7)10(12)13/h3-6,9-10,14H,1-2H3. The first-order chi connectivity index (χ1) is 7.60. The molecule has 0 aliphatic rings. The van der Waals surface area contributed by atoms with Gasteiger partial charge in [0.15, 0.2) is 0 Å². The second-order valence-electron chi connectivity index (χ2n) is 3.21. The summed E-state index contributed by atoms with van der Waals surface area (Å²) < 4.78 is 29.2. The number of methoxy groups -OCH3 is 1. The minimum atomic E-state index is -2.50. The molecule has 1 aromatic rings. The van der Waals surface area contributed by atoms with E-state index >= 15 is 0 Å². The second-order valence-corrected chi connectivity index (χ2v) is 3.21. The highest BCUT2D eigenvalue weighted by molar-refractivity contribution is 5.77. The average Bonchev–Trinajstić information content (AvgIpc) is 2.30. The summed E-state index contributed by atoms with van der Waals surface area (Å²) in [7, 11) is 2.88. The summed E-state index contributed by atoms with van der Waals surface area (Å²) in [4.78, 5) is 11.3. The lowest BCUT2D eigenvalue weighted by Crippen LogP contribution is -2.26. The predicted molar refractivity (Wildman–Crippen MR) is 55.2 cm³/mol. The van der Waals surface area contributed by atoms with Gasteiger partial charge in [-0.3, -0.25) is 0 Å². The molecule has 1 rings (SSSR count). The van der Waals surface area contributed by atoms with Crippen molar-refractivity contribution in [1.82, 2.24) is 5.32 Å². The van der Waals surface area contributed by atoms with E-state index in [1.165, 1.54) is 31.4 Å². The van der Waals surface area contributed by atoms with Crippen LogP contribution in [-0.2, 0) is 9.53 Å². The Bertz CT molecular complexity index is 352. The van der Waals surface area contributed by atoms with Crippen molar-refractivity contribution in [3.63, 3.8) is 0 Å². The molecule has 0 bridgehead atoms. The van der Waals surface area contributed by atoms with E-state index in [2.05, 4.69) is 10.1 Å². The van der Waals surface area contributed by atoms with Crippen LogP contribution in [0.3, 0.4) is 0 Å². The minimum absolute atomic E-state index is 0.0662. The van der Waals surface area contributed by atoms with E-state index in [1.807, 2.05) is 0 Å². The molecule has 0 saturated heterocycles. The lowest BCUT2D eigenvalue weighted by molar-refractivity contribution is -0.143. The van der Waals surface area contributed by atoms with Crippen molar-refractivity contribution in [3.8, 4) is 0 Å². The second kappa shape index (κ2) is 5.55. The van der Waals surface area contributed by atoms with Gasteiger partial charge in [0.1, 0.15) is 6.04 Å². The summed E-state index contributed by atoms with van der Waals surface area (Å²) in [5.41, 5.74) is 0.530. The number of esters is 1. The third kappa shape index (κ3) is 2.76. The number of carbonyl (C=O) groups is 1. The molecule has 1 N–H and O–H groups in total. The van der Waals surface area contributed by atoms with Crippen LogP contribution in [0.1, 0.15) is 23.6 Å². The molecule has 0 spiro atoms. The van der Waals surface area contributed by atoms with Gasteiger partial charge in [-0.15, -0.1) is 0 Å². The quantitative estimate of drug-likeness (QED) is 0.803.